The molecule has 2 rings (SSSR count). The Labute approximate surface area is 121 Å². The van der Waals surface area contributed by atoms with Crippen LogP contribution >= 0.6 is 0 Å². The van der Waals surface area contributed by atoms with Crippen LogP contribution in [0.15, 0.2) is 0 Å². The third-order valence-electron chi connectivity index (χ3n) is 4.59. The molecule has 1 fully saturated rings. The summed E-state index contributed by atoms with van der Waals surface area (Å²) in [4.78, 5) is 8.73. The van der Waals surface area contributed by atoms with Crippen LogP contribution in [0.2, 0.25) is 0 Å². The fourth-order valence-electron chi connectivity index (χ4n) is 3.15. The molecule has 4 heteroatoms. The smallest absolute Gasteiger partial charge is 0.186 e. The van der Waals surface area contributed by atoms with Crippen LogP contribution in [0.1, 0.15) is 63.9 Å². The number of aryl methyl sites for hydroxylation is 1. The van der Waals surface area contributed by atoms with Gasteiger partial charge in [-0.2, -0.15) is 0 Å². The summed E-state index contributed by atoms with van der Waals surface area (Å²) in [7, 11) is 1.70. The molecule has 3 nitrogen and oxygen atoms in total. The number of hydrogen-bond donors (Lipinski definition) is 1. The van der Waals surface area contributed by atoms with Gasteiger partial charge in [-0.1, -0.05) is 20.8 Å². The van der Waals surface area contributed by atoms with E-state index in [1.54, 1.807) is 14.0 Å². The molecule has 0 aliphatic heterocycles. The van der Waals surface area contributed by atoms with Gasteiger partial charge in [-0.05, 0) is 43.9 Å². The second kappa shape index (κ2) is 5.66. The highest BCUT2D eigenvalue weighted by Crippen LogP contribution is 2.42. The Morgan fingerprint density at radius 3 is 2.20 bits per heavy atom. The van der Waals surface area contributed by atoms with Gasteiger partial charge in [0.1, 0.15) is 5.82 Å². The van der Waals surface area contributed by atoms with Crippen LogP contribution in [-0.2, 0) is 0 Å². The highest BCUT2D eigenvalue weighted by Gasteiger charge is 2.31. The molecule has 1 N–H and O–H groups in total. The van der Waals surface area contributed by atoms with Crippen molar-refractivity contribution in [3.05, 3.63) is 17.3 Å². The van der Waals surface area contributed by atoms with Gasteiger partial charge in [-0.25, -0.2) is 14.4 Å². The van der Waals surface area contributed by atoms with Gasteiger partial charge >= 0.3 is 0 Å². The van der Waals surface area contributed by atoms with E-state index in [0.717, 1.165) is 24.6 Å². The summed E-state index contributed by atoms with van der Waals surface area (Å²) in [6.07, 6.45) is 4.64. The molecular weight excluding hydrogens is 253 g/mol. The fraction of sp³-hybridized carbons (Fsp3) is 0.750. The lowest BCUT2D eigenvalue weighted by Crippen LogP contribution is -2.26. The van der Waals surface area contributed by atoms with E-state index in [9.17, 15) is 4.39 Å². The molecule has 1 aromatic rings. The monoisotopic (exact) mass is 279 g/mol. The summed E-state index contributed by atoms with van der Waals surface area (Å²) < 4.78 is 13.8. The number of rotatable bonds is 2. The van der Waals surface area contributed by atoms with Crippen molar-refractivity contribution in [2.24, 2.45) is 11.3 Å². The Morgan fingerprint density at radius 2 is 1.70 bits per heavy atom. The normalized spacial score (nSPS) is 23.7. The molecule has 0 saturated heterocycles. The van der Waals surface area contributed by atoms with Crippen molar-refractivity contribution < 1.29 is 4.39 Å². The van der Waals surface area contributed by atoms with Crippen LogP contribution in [0.3, 0.4) is 0 Å². The first-order valence-corrected chi connectivity index (χ1v) is 7.54. The molecule has 1 aromatic heterocycles. The van der Waals surface area contributed by atoms with E-state index in [1.807, 2.05) is 0 Å². The van der Waals surface area contributed by atoms with Crippen LogP contribution in [0.25, 0.3) is 0 Å². The lowest BCUT2D eigenvalue weighted by Gasteiger charge is -2.36. The van der Waals surface area contributed by atoms with Crippen molar-refractivity contribution in [3.8, 4) is 0 Å². The van der Waals surface area contributed by atoms with E-state index in [4.69, 9.17) is 0 Å². The molecular formula is C16H26FN3. The van der Waals surface area contributed by atoms with Crippen molar-refractivity contribution in [2.45, 2.75) is 59.3 Å². The van der Waals surface area contributed by atoms with Gasteiger partial charge in [0.25, 0.3) is 0 Å². The van der Waals surface area contributed by atoms with Crippen LogP contribution < -0.4 is 5.32 Å². The maximum Gasteiger partial charge on any atom is 0.186 e. The first-order valence-electron chi connectivity index (χ1n) is 7.54. The first-order chi connectivity index (χ1) is 9.32. The van der Waals surface area contributed by atoms with Crippen LogP contribution in [0, 0.1) is 24.1 Å². The maximum atomic E-state index is 13.8. The first kappa shape index (κ1) is 15.2. The third kappa shape index (κ3) is 3.10. The Morgan fingerprint density at radius 1 is 1.10 bits per heavy atom. The molecule has 0 spiro atoms. The third-order valence-corrected chi connectivity index (χ3v) is 4.59. The van der Waals surface area contributed by atoms with E-state index < -0.39 is 0 Å². The number of hydrogen-bond acceptors (Lipinski definition) is 3. The summed E-state index contributed by atoms with van der Waals surface area (Å²) >= 11 is 0. The second-order valence-electron chi connectivity index (χ2n) is 6.99. The second-order valence-corrected chi connectivity index (χ2v) is 6.99. The predicted octanol–water partition coefficient (Wildman–Crippen LogP) is 4.29. The van der Waals surface area contributed by atoms with Gasteiger partial charge in [0.05, 0.1) is 5.69 Å². The zero-order valence-electron chi connectivity index (χ0n) is 13.3. The minimum Gasteiger partial charge on any atom is -0.371 e. The summed E-state index contributed by atoms with van der Waals surface area (Å²) in [5.41, 5.74) is 0.818. The number of anilines is 1. The summed E-state index contributed by atoms with van der Waals surface area (Å²) in [5.74, 6) is 1.94. The van der Waals surface area contributed by atoms with Gasteiger partial charge in [0.15, 0.2) is 11.6 Å². The molecule has 0 unspecified atom stereocenters. The lowest BCUT2D eigenvalue weighted by molar-refractivity contribution is 0.167. The maximum absolute atomic E-state index is 13.8. The molecule has 112 valence electrons. The molecule has 1 saturated carbocycles. The highest BCUT2D eigenvalue weighted by atomic mass is 19.1. The van der Waals surface area contributed by atoms with Gasteiger partial charge < -0.3 is 5.32 Å². The quantitative estimate of drug-likeness (QED) is 0.877. The Hall–Kier alpha value is -1.19. The molecule has 0 amide bonds. The zero-order chi connectivity index (χ0) is 14.9. The van der Waals surface area contributed by atoms with E-state index in [1.165, 1.54) is 12.8 Å². The average Bonchev–Trinajstić information content (AvgIpc) is 2.41. The van der Waals surface area contributed by atoms with Gasteiger partial charge in [-0.3, -0.25) is 0 Å². The van der Waals surface area contributed by atoms with Crippen molar-refractivity contribution in [3.63, 3.8) is 0 Å². The topological polar surface area (TPSA) is 37.8 Å². The summed E-state index contributed by atoms with van der Waals surface area (Å²) in [6, 6.07) is 0. The number of nitrogens with one attached hydrogen (secondary N) is 1. The molecule has 0 radical (unpaired) electrons. The van der Waals surface area contributed by atoms with Crippen LogP contribution in [-0.4, -0.2) is 17.0 Å². The van der Waals surface area contributed by atoms with Crippen molar-refractivity contribution >= 4 is 5.82 Å². The lowest BCUT2D eigenvalue weighted by atomic mass is 9.69. The molecule has 0 bridgehead atoms. The number of aromatic nitrogens is 2. The van der Waals surface area contributed by atoms with Gasteiger partial charge in [0.2, 0.25) is 0 Å². The predicted molar refractivity (Wildman–Crippen MR) is 80.4 cm³/mol. The van der Waals surface area contributed by atoms with Crippen LogP contribution in [0.5, 0.6) is 0 Å². The van der Waals surface area contributed by atoms with E-state index >= 15 is 0 Å². The Balaban J connectivity index is 2.13. The van der Waals surface area contributed by atoms with E-state index in [0.29, 0.717) is 22.8 Å². The Bertz CT molecular complexity index is 471. The summed E-state index contributed by atoms with van der Waals surface area (Å²) in [6.45, 7) is 8.66. The van der Waals surface area contributed by atoms with Crippen molar-refractivity contribution in [1.29, 1.82) is 0 Å². The molecule has 1 heterocycles. The molecule has 20 heavy (non-hydrogen) atoms. The van der Waals surface area contributed by atoms with E-state index in [2.05, 4.69) is 36.1 Å². The SMILES string of the molecule is CNc1nc(C2CCC(C(C)(C)C)CC2)nc(C)c1F. The highest BCUT2D eigenvalue weighted by molar-refractivity contribution is 5.37. The average molecular weight is 279 g/mol. The van der Waals surface area contributed by atoms with Gasteiger partial charge in [-0.15, -0.1) is 0 Å². The molecule has 1 aliphatic rings. The van der Waals surface area contributed by atoms with E-state index in [-0.39, 0.29) is 5.82 Å². The van der Waals surface area contributed by atoms with Gasteiger partial charge in [0, 0.05) is 13.0 Å². The number of nitrogens with zero attached hydrogens (tertiary/aromatic N) is 2. The van der Waals surface area contributed by atoms with Crippen molar-refractivity contribution in [2.75, 3.05) is 12.4 Å². The molecule has 1 aliphatic carbocycles. The minimum absolute atomic E-state index is 0.324. The Kier molecular flexibility index (Phi) is 4.31. The van der Waals surface area contributed by atoms with Crippen molar-refractivity contribution in [1.82, 2.24) is 9.97 Å². The fourth-order valence-corrected chi connectivity index (χ4v) is 3.15. The number of halogens is 1. The van der Waals surface area contributed by atoms with Crippen LogP contribution in [0.4, 0.5) is 10.2 Å². The largest absolute Gasteiger partial charge is 0.371 e. The minimum atomic E-state index is -0.334. The standard InChI is InChI=1S/C16H26FN3/c1-10-13(17)15(18-5)20-14(19-10)11-6-8-12(9-7-11)16(2,3)4/h11-12H,6-9H2,1-5H3,(H,18,19,20). The summed E-state index contributed by atoms with van der Waals surface area (Å²) in [5, 5.41) is 2.82. The molecule has 0 atom stereocenters. The zero-order valence-corrected chi connectivity index (χ0v) is 13.3. The molecule has 0 aromatic carbocycles.